The van der Waals surface area contributed by atoms with Crippen LogP contribution in [0, 0.1) is 12.7 Å². The van der Waals surface area contributed by atoms with Gasteiger partial charge >= 0.3 is 0 Å². The fourth-order valence-electron chi connectivity index (χ4n) is 2.15. The first kappa shape index (κ1) is 14.2. The summed E-state index contributed by atoms with van der Waals surface area (Å²) in [5.41, 5.74) is 2.72. The van der Waals surface area contributed by atoms with Gasteiger partial charge in [0.25, 0.3) is 0 Å². The van der Waals surface area contributed by atoms with Crippen molar-refractivity contribution < 1.29 is 9.13 Å². The lowest BCUT2D eigenvalue weighted by molar-refractivity contribution is 0.403. The van der Waals surface area contributed by atoms with E-state index in [1.54, 1.807) is 13.2 Å². The van der Waals surface area contributed by atoms with E-state index in [1.807, 2.05) is 31.2 Å². The van der Waals surface area contributed by atoms with Gasteiger partial charge in [-0.05, 0) is 30.3 Å². The van der Waals surface area contributed by atoms with Crippen LogP contribution < -0.4 is 4.74 Å². The van der Waals surface area contributed by atoms with E-state index in [9.17, 15) is 4.39 Å². The van der Waals surface area contributed by atoms with Gasteiger partial charge in [-0.3, -0.25) is 0 Å². The van der Waals surface area contributed by atoms with Crippen LogP contribution in [0.3, 0.4) is 0 Å². The van der Waals surface area contributed by atoms with Crippen molar-refractivity contribution in [2.75, 3.05) is 7.11 Å². The maximum absolute atomic E-state index is 13.4. The monoisotopic (exact) mass is 298 g/mol. The number of halogens is 1. The predicted molar refractivity (Wildman–Crippen MR) is 80.0 cm³/mol. The van der Waals surface area contributed by atoms with E-state index >= 15 is 0 Å². The van der Waals surface area contributed by atoms with Gasteiger partial charge in [-0.1, -0.05) is 29.8 Å². The normalized spacial score (nSPS) is 10.7. The van der Waals surface area contributed by atoms with E-state index in [4.69, 9.17) is 4.74 Å². The van der Waals surface area contributed by atoms with Crippen molar-refractivity contribution in [2.45, 2.75) is 13.5 Å². The van der Waals surface area contributed by atoms with Crippen LogP contribution in [0.15, 0.2) is 42.5 Å². The summed E-state index contributed by atoms with van der Waals surface area (Å²) in [5.74, 6) is 0.806. The molecule has 0 bridgehead atoms. The molecule has 112 valence electrons. The first-order valence-corrected chi connectivity index (χ1v) is 6.83. The molecule has 0 saturated carbocycles. The molecule has 0 spiro atoms. The number of aromatic nitrogens is 4. The minimum atomic E-state index is -0.324. The molecule has 1 heterocycles. The van der Waals surface area contributed by atoms with E-state index in [0.717, 1.165) is 5.56 Å². The highest BCUT2D eigenvalue weighted by molar-refractivity contribution is 5.54. The molecule has 0 aliphatic rings. The SMILES string of the molecule is COc1ccc(F)cc1Cn1nnc(-c2ccc(C)cc2)n1. The number of hydrogen-bond donors (Lipinski definition) is 0. The number of nitrogens with zero attached hydrogens (tertiary/aromatic N) is 4. The number of benzene rings is 2. The highest BCUT2D eigenvalue weighted by atomic mass is 19.1. The molecule has 0 radical (unpaired) electrons. The van der Waals surface area contributed by atoms with E-state index < -0.39 is 0 Å². The van der Waals surface area contributed by atoms with Crippen molar-refractivity contribution in [2.24, 2.45) is 0 Å². The summed E-state index contributed by atoms with van der Waals surface area (Å²) < 4.78 is 18.6. The van der Waals surface area contributed by atoms with Crippen molar-refractivity contribution in [3.05, 3.63) is 59.4 Å². The molecule has 0 N–H and O–H groups in total. The number of hydrogen-bond acceptors (Lipinski definition) is 4. The highest BCUT2D eigenvalue weighted by Gasteiger charge is 2.10. The molecule has 22 heavy (non-hydrogen) atoms. The van der Waals surface area contributed by atoms with E-state index in [-0.39, 0.29) is 5.82 Å². The molecular weight excluding hydrogens is 283 g/mol. The molecule has 0 unspecified atom stereocenters. The Hall–Kier alpha value is -2.76. The van der Waals surface area contributed by atoms with Gasteiger partial charge in [0.05, 0.1) is 13.7 Å². The predicted octanol–water partition coefficient (Wildman–Crippen LogP) is 2.84. The zero-order valence-corrected chi connectivity index (χ0v) is 12.3. The number of aryl methyl sites for hydroxylation is 1. The number of methoxy groups -OCH3 is 1. The number of ether oxygens (including phenoxy) is 1. The Bertz CT molecular complexity index is 783. The van der Waals surface area contributed by atoms with Crippen molar-refractivity contribution >= 4 is 0 Å². The van der Waals surface area contributed by atoms with Crippen LogP contribution in [0.4, 0.5) is 4.39 Å². The molecule has 0 aliphatic carbocycles. The van der Waals surface area contributed by atoms with Gasteiger partial charge < -0.3 is 4.74 Å². The summed E-state index contributed by atoms with van der Waals surface area (Å²) in [5, 5.41) is 12.4. The average Bonchev–Trinajstić information content (AvgIpc) is 2.97. The van der Waals surface area contributed by atoms with Crippen LogP contribution in [0.2, 0.25) is 0 Å². The zero-order chi connectivity index (χ0) is 15.5. The summed E-state index contributed by atoms with van der Waals surface area (Å²) in [6.45, 7) is 2.31. The molecule has 6 heteroatoms. The Balaban J connectivity index is 1.85. The highest BCUT2D eigenvalue weighted by Crippen LogP contribution is 2.20. The number of rotatable bonds is 4. The third-order valence-corrected chi connectivity index (χ3v) is 3.32. The minimum Gasteiger partial charge on any atom is -0.496 e. The lowest BCUT2D eigenvalue weighted by atomic mass is 10.1. The minimum absolute atomic E-state index is 0.291. The second-order valence-corrected chi connectivity index (χ2v) is 4.97. The van der Waals surface area contributed by atoms with Gasteiger partial charge in [-0.2, -0.15) is 4.80 Å². The largest absolute Gasteiger partial charge is 0.496 e. The van der Waals surface area contributed by atoms with Crippen LogP contribution in [-0.2, 0) is 6.54 Å². The summed E-state index contributed by atoms with van der Waals surface area (Å²) >= 11 is 0. The standard InChI is InChI=1S/C16H15FN4O/c1-11-3-5-12(6-4-11)16-18-20-21(19-16)10-13-9-14(17)7-8-15(13)22-2/h3-9H,10H2,1-2H3. The molecule has 0 amide bonds. The van der Waals surface area contributed by atoms with Gasteiger partial charge in [0.2, 0.25) is 5.82 Å². The van der Waals surface area contributed by atoms with Crippen molar-refractivity contribution in [3.63, 3.8) is 0 Å². The van der Waals surface area contributed by atoms with Gasteiger partial charge in [0.15, 0.2) is 0 Å². The Labute approximate surface area is 127 Å². The van der Waals surface area contributed by atoms with Gasteiger partial charge in [0.1, 0.15) is 11.6 Å². The molecule has 0 aliphatic heterocycles. The Morgan fingerprint density at radius 3 is 2.64 bits per heavy atom. The molecule has 3 rings (SSSR count). The van der Waals surface area contributed by atoms with Crippen molar-refractivity contribution in [1.82, 2.24) is 20.2 Å². The first-order chi connectivity index (χ1) is 10.7. The lowest BCUT2D eigenvalue weighted by Crippen LogP contribution is -2.06. The molecule has 0 atom stereocenters. The zero-order valence-electron chi connectivity index (χ0n) is 12.3. The van der Waals surface area contributed by atoms with Gasteiger partial charge in [0, 0.05) is 11.1 Å². The van der Waals surface area contributed by atoms with E-state index in [1.165, 1.54) is 22.5 Å². The molecule has 3 aromatic rings. The summed E-state index contributed by atoms with van der Waals surface area (Å²) in [7, 11) is 1.54. The Morgan fingerprint density at radius 1 is 1.14 bits per heavy atom. The Morgan fingerprint density at radius 2 is 1.91 bits per heavy atom. The summed E-state index contributed by atoms with van der Waals surface area (Å²) in [6, 6.07) is 12.2. The molecule has 0 saturated heterocycles. The molecular formula is C16H15FN4O. The van der Waals surface area contributed by atoms with Crippen LogP contribution in [-0.4, -0.2) is 27.3 Å². The van der Waals surface area contributed by atoms with Crippen LogP contribution in [0.5, 0.6) is 5.75 Å². The molecule has 0 fully saturated rings. The maximum Gasteiger partial charge on any atom is 0.204 e. The third-order valence-electron chi connectivity index (χ3n) is 3.32. The van der Waals surface area contributed by atoms with E-state index in [2.05, 4.69) is 15.4 Å². The first-order valence-electron chi connectivity index (χ1n) is 6.83. The average molecular weight is 298 g/mol. The maximum atomic E-state index is 13.4. The van der Waals surface area contributed by atoms with Crippen LogP contribution in [0.1, 0.15) is 11.1 Å². The van der Waals surface area contributed by atoms with Crippen LogP contribution in [0.25, 0.3) is 11.4 Å². The number of tetrazole rings is 1. The van der Waals surface area contributed by atoms with Crippen LogP contribution >= 0.6 is 0 Å². The fourth-order valence-corrected chi connectivity index (χ4v) is 2.15. The topological polar surface area (TPSA) is 52.8 Å². The summed E-state index contributed by atoms with van der Waals surface area (Å²) in [6.07, 6.45) is 0. The van der Waals surface area contributed by atoms with Gasteiger partial charge in [-0.15, -0.1) is 10.2 Å². The molecule has 2 aromatic carbocycles. The fraction of sp³-hybridized carbons (Fsp3) is 0.188. The van der Waals surface area contributed by atoms with Crippen molar-refractivity contribution in [1.29, 1.82) is 0 Å². The Kier molecular flexibility index (Phi) is 3.82. The summed E-state index contributed by atoms with van der Waals surface area (Å²) in [4.78, 5) is 1.42. The second-order valence-electron chi connectivity index (χ2n) is 4.97. The quantitative estimate of drug-likeness (QED) is 0.743. The third kappa shape index (κ3) is 2.95. The van der Waals surface area contributed by atoms with Gasteiger partial charge in [-0.25, -0.2) is 4.39 Å². The second kappa shape index (κ2) is 5.93. The van der Waals surface area contributed by atoms with E-state index in [0.29, 0.717) is 23.7 Å². The lowest BCUT2D eigenvalue weighted by Gasteiger charge is -2.07. The molecule has 1 aromatic heterocycles. The van der Waals surface area contributed by atoms with Crippen molar-refractivity contribution in [3.8, 4) is 17.1 Å². The molecule has 5 nitrogen and oxygen atoms in total. The smallest absolute Gasteiger partial charge is 0.204 e.